The van der Waals surface area contributed by atoms with Gasteiger partial charge in [0.1, 0.15) is 4.90 Å². The molecule has 2 rings (SSSR count). The second-order valence-corrected chi connectivity index (χ2v) is 9.18. The van der Waals surface area contributed by atoms with Gasteiger partial charge in [-0.15, -0.1) is 0 Å². The summed E-state index contributed by atoms with van der Waals surface area (Å²) in [5.41, 5.74) is 0.425. The van der Waals surface area contributed by atoms with Crippen molar-refractivity contribution in [1.82, 2.24) is 9.21 Å². The molecular formula is C17H26ClN3O3S. The molecule has 6 nitrogen and oxygen atoms in total. The molecule has 1 amide bonds. The molecule has 0 unspecified atom stereocenters. The van der Waals surface area contributed by atoms with Crippen LogP contribution >= 0.6 is 11.6 Å². The zero-order valence-corrected chi connectivity index (χ0v) is 16.7. The van der Waals surface area contributed by atoms with Gasteiger partial charge >= 0.3 is 0 Å². The highest BCUT2D eigenvalue weighted by Crippen LogP contribution is 2.28. The Labute approximate surface area is 155 Å². The highest BCUT2D eigenvalue weighted by molar-refractivity contribution is 7.89. The first kappa shape index (κ1) is 20.2. The number of carbonyl (C=O) groups is 1. The van der Waals surface area contributed by atoms with E-state index in [0.717, 1.165) is 23.7 Å². The Morgan fingerprint density at radius 2 is 2.08 bits per heavy atom. The van der Waals surface area contributed by atoms with Crippen molar-refractivity contribution in [1.29, 1.82) is 0 Å². The highest BCUT2D eigenvalue weighted by atomic mass is 35.5. The molecule has 1 aliphatic rings. The number of anilines is 1. The number of rotatable bonds is 6. The first-order chi connectivity index (χ1) is 11.7. The smallest absolute Gasteiger partial charge is 0.244 e. The van der Waals surface area contributed by atoms with E-state index in [0.29, 0.717) is 24.2 Å². The van der Waals surface area contributed by atoms with Crippen molar-refractivity contribution in [3.63, 3.8) is 0 Å². The molecule has 1 N–H and O–H groups in total. The maximum Gasteiger partial charge on any atom is 0.244 e. The Bertz CT molecular complexity index is 737. The van der Waals surface area contributed by atoms with Gasteiger partial charge in [0.25, 0.3) is 0 Å². The number of sulfonamides is 1. The third-order valence-corrected chi connectivity index (χ3v) is 7.19. The molecule has 1 fully saturated rings. The number of hydrogen-bond donors (Lipinski definition) is 1. The number of hydrogen-bond acceptors (Lipinski definition) is 4. The first-order valence-corrected chi connectivity index (χ1v) is 10.2. The number of halogens is 1. The van der Waals surface area contributed by atoms with Crippen LogP contribution in [0.4, 0.5) is 5.69 Å². The van der Waals surface area contributed by atoms with Gasteiger partial charge in [0.15, 0.2) is 0 Å². The fraction of sp³-hybridized carbons (Fsp3) is 0.588. The lowest BCUT2D eigenvalue weighted by Crippen LogP contribution is -2.37. The summed E-state index contributed by atoms with van der Waals surface area (Å²) in [4.78, 5) is 14.5. The normalized spacial score (nSPS) is 21.7. The van der Waals surface area contributed by atoms with Crippen LogP contribution in [0.2, 0.25) is 5.02 Å². The monoisotopic (exact) mass is 387 g/mol. The molecule has 25 heavy (non-hydrogen) atoms. The summed E-state index contributed by atoms with van der Waals surface area (Å²) >= 11 is 6.02. The van der Waals surface area contributed by atoms with Gasteiger partial charge in [-0.1, -0.05) is 24.9 Å². The second-order valence-electron chi connectivity index (χ2n) is 6.65. The van der Waals surface area contributed by atoms with Crippen LogP contribution in [-0.4, -0.2) is 56.8 Å². The fourth-order valence-electron chi connectivity index (χ4n) is 3.20. The van der Waals surface area contributed by atoms with E-state index in [1.165, 1.54) is 26.2 Å². The van der Waals surface area contributed by atoms with E-state index < -0.39 is 10.0 Å². The number of nitrogens with one attached hydrogen (secondary N) is 1. The van der Waals surface area contributed by atoms with Crippen LogP contribution < -0.4 is 5.32 Å². The van der Waals surface area contributed by atoms with Crippen molar-refractivity contribution in [3.05, 3.63) is 23.2 Å². The summed E-state index contributed by atoms with van der Waals surface area (Å²) in [7, 11) is -0.787. The molecule has 0 aliphatic carbocycles. The van der Waals surface area contributed by atoms with Crippen LogP contribution in [-0.2, 0) is 14.8 Å². The number of benzene rings is 1. The van der Waals surface area contributed by atoms with Crippen molar-refractivity contribution in [2.45, 2.75) is 37.6 Å². The molecule has 0 aromatic heterocycles. The molecule has 140 valence electrons. The van der Waals surface area contributed by atoms with E-state index in [1.54, 1.807) is 6.07 Å². The molecule has 1 aromatic rings. The predicted molar refractivity (Wildman–Crippen MR) is 100 cm³/mol. The van der Waals surface area contributed by atoms with Crippen LogP contribution in [0.15, 0.2) is 23.1 Å². The van der Waals surface area contributed by atoms with E-state index >= 15 is 0 Å². The largest absolute Gasteiger partial charge is 0.325 e. The fourth-order valence-corrected chi connectivity index (χ4v) is 4.60. The van der Waals surface area contributed by atoms with Gasteiger partial charge in [-0.3, -0.25) is 9.69 Å². The van der Waals surface area contributed by atoms with Gasteiger partial charge in [-0.25, -0.2) is 12.7 Å². The minimum absolute atomic E-state index is 0.0162. The number of carbonyl (C=O) groups excluding carboxylic acids is 1. The molecule has 0 spiro atoms. The Hall–Kier alpha value is -1.15. The minimum Gasteiger partial charge on any atom is -0.325 e. The SMILES string of the molecule is CC[C@H]1CCN(CC(=O)Nc2ccc(Cl)c(S(=O)(=O)N(C)C)c2)[C@@H]1C. The standard InChI is InChI=1S/C17H26ClN3O3S/c1-5-13-8-9-21(12(13)2)11-17(22)19-14-6-7-15(18)16(10-14)25(23,24)20(3)4/h6-7,10,12-13H,5,8-9,11H2,1-4H3,(H,19,22)/t12-,13+/m1/s1. The van der Waals surface area contributed by atoms with Crippen LogP contribution in [0.3, 0.4) is 0 Å². The van der Waals surface area contributed by atoms with Crippen LogP contribution in [0.1, 0.15) is 26.7 Å². The van der Waals surface area contributed by atoms with Crippen molar-refractivity contribution in [2.24, 2.45) is 5.92 Å². The topological polar surface area (TPSA) is 69.7 Å². The molecule has 1 aromatic carbocycles. The van der Waals surface area contributed by atoms with Gasteiger partial charge in [-0.05, 0) is 44.0 Å². The van der Waals surface area contributed by atoms with Crippen molar-refractivity contribution in [2.75, 3.05) is 32.5 Å². The summed E-state index contributed by atoms with van der Waals surface area (Å²) in [6, 6.07) is 4.87. The lowest BCUT2D eigenvalue weighted by Gasteiger charge is -2.23. The Balaban J connectivity index is 2.09. The van der Waals surface area contributed by atoms with Gasteiger partial charge in [-0.2, -0.15) is 0 Å². The Kier molecular flexibility index (Phi) is 6.48. The van der Waals surface area contributed by atoms with E-state index in [9.17, 15) is 13.2 Å². The molecule has 0 radical (unpaired) electrons. The third-order valence-electron chi connectivity index (χ3n) is 4.89. The van der Waals surface area contributed by atoms with Gasteiger partial charge in [0.05, 0.1) is 11.6 Å². The molecule has 1 saturated heterocycles. The average molecular weight is 388 g/mol. The average Bonchev–Trinajstić information content (AvgIpc) is 2.89. The molecule has 1 aliphatic heterocycles. The lowest BCUT2D eigenvalue weighted by molar-refractivity contribution is -0.117. The highest BCUT2D eigenvalue weighted by Gasteiger charge is 2.30. The Morgan fingerprint density at radius 1 is 1.40 bits per heavy atom. The molecule has 1 heterocycles. The maximum atomic E-state index is 12.3. The van der Waals surface area contributed by atoms with Crippen molar-refractivity contribution >= 4 is 33.2 Å². The third kappa shape index (κ3) is 4.53. The maximum absolute atomic E-state index is 12.3. The lowest BCUT2D eigenvalue weighted by atomic mass is 9.99. The second kappa shape index (κ2) is 8.03. The number of amides is 1. The molecule has 0 saturated carbocycles. The van der Waals surface area contributed by atoms with Crippen LogP contribution in [0, 0.1) is 5.92 Å². The molecule has 8 heteroatoms. The quantitative estimate of drug-likeness (QED) is 0.814. The first-order valence-electron chi connectivity index (χ1n) is 8.42. The predicted octanol–water partition coefficient (Wildman–Crippen LogP) is 2.65. The summed E-state index contributed by atoms with van der Waals surface area (Å²) in [5, 5.41) is 2.91. The zero-order valence-electron chi connectivity index (χ0n) is 15.1. The molecular weight excluding hydrogens is 362 g/mol. The van der Waals surface area contributed by atoms with Crippen molar-refractivity contribution in [3.8, 4) is 0 Å². The van der Waals surface area contributed by atoms with E-state index in [-0.39, 0.29) is 15.8 Å². The summed E-state index contributed by atoms with van der Waals surface area (Å²) in [6.45, 7) is 5.54. The number of likely N-dealkylation sites (tertiary alicyclic amines) is 1. The summed E-state index contributed by atoms with van der Waals surface area (Å²) < 4.78 is 25.7. The zero-order chi connectivity index (χ0) is 18.8. The van der Waals surface area contributed by atoms with E-state index in [2.05, 4.69) is 24.1 Å². The van der Waals surface area contributed by atoms with Crippen LogP contribution in [0.5, 0.6) is 0 Å². The summed E-state index contributed by atoms with van der Waals surface area (Å²) in [6.07, 6.45) is 2.22. The van der Waals surface area contributed by atoms with Gasteiger partial charge < -0.3 is 5.32 Å². The van der Waals surface area contributed by atoms with E-state index in [4.69, 9.17) is 11.6 Å². The van der Waals surface area contributed by atoms with Crippen molar-refractivity contribution < 1.29 is 13.2 Å². The molecule has 2 atom stereocenters. The Morgan fingerprint density at radius 3 is 2.64 bits per heavy atom. The summed E-state index contributed by atoms with van der Waals surface area (Å²) in [5.74, 6) is 0.472. The molecule has 0 bridgehead atoms. The minimum atomic E-state index is -3.67. The van der Waals surface area contributed by atoms with Crippen LogP contribution in [0.25, 0.3) is 0 Å². The van der Waals surface area contributed by atoms with Gasteiger partial charge in [0.2, 0.25) is 15.9 Å². The number of nitrogens with zero attached hydrogens (tertiary/aromatic N) is 2. The van der Waals surface area contributed by atoms with Gasteiger partial charge in [0, 0.05) is 25.8 Å². The van der Waals surface area contributed by atoms with E-state index in [1.807, 2.05) is 0 Å².